The molecule has 0 amide bonds. The molecule has 1 aliphatic carbocycles. The average molecular weight is 644 g/mol. The van der Waals surface area contributed by atoms with Crippen LogP contribution < -0.4 is 0 Å². The molecule has 0 spiro atoms. The molecule has 0 aliphatic heterocycles. The number of aliphatic hydroxyl groups is 1. The highest BCUT2D eigenvalue weighted by Crippen LogP contribution is 2.45. The minimum Gasteiger partial charge on any atom is -0.469 e. The average Bonchev–Trinajstić information content (AvgIpc) is 3.15. The number of carbonyl (C=O) groups excluding carboxylic acids is 1. The number of esters is 1. The Balaban J connectivity index is 3.35. The van der Waals surface area contributed by atoms with Gasteiger partial charge in [0, 0.05) is 36.0 Å². The van der Waals surface area contributed by atoms with E-state index in [9.17, 15) is 20.0 Å². The van der Waals surface area contributed by atoms with Gasteiger partial charge in [-0.05, 0) is 61.9 Å². The summed E-state index contributed by atoms with van der Waals surface area (Å²) in [5.41, 5.74) is 0. The highest BCUT2D eigenvalue weighted by Gasteiger charge is 2.49. The zero-order valence-electron chi connectivity index (χ0n) is 29.5. The summed E-state index contributed by atoms with van der Waals surface area (Å²) >= 11 is 0. The van der Waals surface area contributed by atoms with E-state index < -0.39 is 28.8 Å². The summed E-state index contributed by atoms with van der Waals surface area (Å²) in [4.78, 5) is 23.5. The number of rotatable bonds is 18. The molecule has 43 heavy (non-hydrogen) atoms. The van der Waals surface area contributed by atoms with Gasteiger partial charge in [-0.2, -0.15) is 0 Å². The first kappa shape index (κ1) is 39.9. The second-order valence-electron chi connectivity index (χ2n) is 15.8. The van der Waals surface area contributed by atoms with Crippen molar-refractivity contribution in [3.63, 3.8) is 0 Å². The maximum Gasteiger partial charge on any atom is 0.305 e. The first-order chi connectivity index (χ1) is 19.7. The number of nitrogens with zero attached hydrogens (tertiary/aromatic N) is 1. The van der Waals surface area contributed by atoms with Gasteiger partial charge in [0.2, 0.25) is 6.04 Å². The molecule has 0 bridgehead atoms. The van der Waals surface area contributed by atoms with E-state index in [2.05, 4.69) is 86.8 Å². The maximum absolute atomic E-state index is 12.2. The van der Waals surface area contributed by atoms with Gasteiger partial charge in [-0.15, -0.1) is 0 Å². The normalized spacial score (nSPS) is 23.5. The minimum absolute atomic E-state index is 0.00143. The van der Waals surface area contributed by atoms with Crippen molar-refractivity contribution in [2.45, 2.75) is 173 Å². The van der Waals surface area contributed by atoms with Crippen molar-refractivity contribution < 1.29 is 28.4 Å². The van der Waals surface area contributed by atoms with Crippen molar-refractivity contribution >= 4 is 22.6 Å². The predicted octanol–water partition coefficient (Wildman–Crippen LogP) is 8.67. The van der Waals surface area contributed by atoms with Gasteiger partial charge in [-0.1, -0.05) is 79.9 Å². The standard InChI is InChI=1S/C33H65NO7Si2/c1-13-14-15-19-26(40-42(9,10)32(2,3)4)21-22-27-28(23-25(34(37)38)18-16-17-20-31(36)39-8)29(35)24-30(27)41-43(11,12)33(5,6)7/h21-22,25-30,35H,13-20,23-24H2,1-12H3/b22-21+/t25?,26-,27+,28+,29-,30+/m0/s1. The third-order valence-corrected chi connectivity index (χ3v) is 19.3. The molecule has 1 aliphatic rings. The lowest BCUT2D eigenvalue weighted by atomic mass is 9.86. The van der Waals surface area contributed by atoms with E-state index in [0.717, 1.165) is 25.7 Å². The molecule has 10 heteroatoms. The Bertz CT molecular complexity index is 895. The van der Waals surface area contributed by atoms with E-state index in [1.165, 1.54) is 7.11 Å². The van der Waals surface area contributed by atoms with Crippen molar-refractivity contribution in [3.8, 4) is 0 Å². The lowest BCUT2D eigenvalue weighted by Gasteiger charge is -2.40. The SMILES string of the molecule is CCCCC[C@@H](/C=C/[C@@H]1[C@@H](CC(CCCCC(=O)OC)[N+](=O)[O-])[C@@H](O)C[C@H]1O[Si](C)(C)C(C)(C)C)O[Si](C)(C)C(C)(C)C. The summed E-state index contributed by atoms with van der Waals surface area (Å²) < 4.78 is 18.5. The van der Waals surface area contributed by atoms with E-state index in [1.807, 2.05) is 0 Å². The third kappa shape index (κ3) is 12.7. The van der Waals surface area contributed by atoms with Crippen LogP contribution in [0.5, 0.6) is 0 Å². The first-order valence-electron chi connectivity index (χ1n) is 16.6. The van der Waals surface area contributed by atoms with Crippen LogP contribution in [0.4, 0.5) is 0 Å². The fraction of sp³-hybridized carbons (Fsp3) is 0.909. The van der Waals surface area contributed by atoms with Gasteiger partial charge in [0.05, 0.1) is 25.4 Å². The molecule has 1 rings (SSSR count). The Morgan fingerprint density at radius 2 is 1.58 bits per heavy atom. The summed E-state index contributed by atoms with van der Waals surface area (Å²) in [6, 6.07) is -0.788. The molecule has 0 aromatic rings. The third-order valence-electron chi connectivity index (χ3n) is 10.3. The van der Waals surface area contributed by atoms with Gasteiger partial charge in [0.15, 0.2) is 16.6 Å². The zero-order chi connectivity index (χ0) is 33.2. The smallest absolute Gasteiger partial charge is 0.305 e. The van der Waals surface area contributed by atoms with Crippen molar-refractivity contribution in [2.75, 3.05) is 7.11 Å². The second-order valence-corrected chi connectivity index (χ2v) is 25.3. The molecule has 1 saturated carbocycles. The van der Waals surface area contributed by atoms with Gasteiger partial charge in [-0.3, -0.25) is 14.9 Å². The molecule has 0 saturated heterocycles. The Morgan fingerprint density at radius 1 is 1.00 bits per heavy atom. The molecule has 1 N–H and O–H groups in total. The van der Waals surface area contributed by atoms with E-state index >= 15 is 0 Å². The molecule has 6 atom stereocenters. The van der Waals surface area contributed by atoms with Crippen molar-refractivity contribution in [2.24, 2.45) is 11.8 Å². The fourth-order valence-corrected chi connectivity index (χ4v) is 8.01. The number of nitro groups is 1. The van der Waals surface area contributed by atoms with Crippen LogP contribution in [0.15, 0.2) is 12.2 Å². The number of methoxy groups -OCH3 is 1. The van der Waals surface area contributed by atoms with Gasteiger partial charge >= 0.3 is 5.97 Å². The van der Waals surface area contributed by atoms with Crippen molar-refractivity contribution in [1.29, 1.82) is 0 Å². The molecule has 0 aromatic heterocycles. The summed E-state index contributed by atoms with van der Waals surface area (Å²) in [5, 5.41) is 23.6. The van der Waals surface area contributed by atoms with E-state index in [4.69, 9.17) is 13.6 Å². The van der Waals surface area contributed by atoms with E-state index in [1.54, 1.807) is 0 Å². The van der Waals surface area contributed by atoms with Crippen LogP contribution in [0.1, 0.15) is 113 Å². The molecular formula is C33H65NO7Si2. The molecule has 8 nitrogen and oxygen atoms in total. The van der Waals surface area contributed by atoms with Crippen LogP contribution in [-0.4, -0.2) is 64.1 Å². The van der Waals surface area contributed by atoms with Crippen molar-refractivity contribution in [1.82, 2.24) is 0 Å². The predicted molar refractivity (Wildman–Crippen MR) is 181 cm³/mol. The molecule has 0 aromatic carbocycles. The topological polar surface area (TPSA) is 108 Å². The lowest BCUT2D eigenvalue weighted by Crippen LogP contribution is -2.45. The van der Waals surface area contributed by atoms with E-state index in [0.29, 0.717) is 25.7 Å². The Morgan fingerprint density at radius 3 is 2.09 bits per heavy atom. The summed E-state index contributed by atoms with van der Waals surface area (Å²) in [6.07, 6.45) is 10.2. The molecule has 0 radical (unpaired) electrons. The molecule has 1 fully saturated rings. The number of aliphatic hydroxyl groups excluding tert-OH is 1. The van der Waals surface area contributed by atoms with Gasteiger partial charge < -0.3 is 18.7 Å². The number of hydrogen-bond donors (Lipinski definition) is 1. The highest BCUT2D eigenvalue weighted by atomic mass is 28.4. The Hall–Kier alpha value is -1.08. The van der Waals surface area contributed by atoms with Crippen molar-refractivity contribution in [3.05, 3.63) is 22.3 Å². The van der Waals surface area contributed by atoms with Crippen LogP contribution >= 0.6 is 0 Å². The minimum atomic E-state index is -2.17. The highest BCUT2D eigenvalue weighted by molar-refractivity contribution is 6.74. The monoisotopic (exact) mass is 643 g/mol. The number of carbonyl (C=O) groups is 1. The van der Waals surface area contributed by atoms with Crippen LogP contribution in [-0.2, 0) is 18.4 Å². The zero-order valence-corrected chi connectivity index (χ0v) is 31.5. The second kappa shape index (κ2) is 17.0. The summed E-state index contributed by atoms with van der Waals surface area (Å²) in [5.74, 6) is -0.724. The first-order valence-corrected chi connectivity index (χ1v) is 22.4. The molecule has 0 heterocycles. The maximum atomic E-state index is 12.2. The largest absolute Gasteiger partial charge is 0.469 e. The Labute approximate surface area is 265 Å². The quantitative estimate of drug-likeness (QED) is 0.0398. The van der Waals surface area contributed by atoms with Crippen LogP contribution in [0.3, 0.4) is 0 Å². The van der Waals surface area contributed by atoms with Crippen LogP contribution in [0, 0.1) is 22.0 Å². The number of ether oxygens (including phenoxy) is 1. The number of hydrogen-bond acceptors (Lipinski definition) is 7. The van der Waals surface area contributed by atoms with Gasteiger partial charge in [0.25, 0.3) is 0 Å². The van der Waals surface area contributed by atoms with Crippen LogP contribution in [0.2, 0.25) is 36.3 Å². The number of unbranched alkanes of at least 4 members (excludes halogenated alkanes) is 3. The summed E-state index contributed by atoms with van der Waals surface area (Å²) in [7, 11) is -2.85. The Kier molecular flexibility index (Phi) is 15.8. The van der Waals surface area contributed by atoms with Gasteiger partial charge in [0.1, 0.15) is 0 Å². The lowest BCUT2D eigenvalue weighted by molar-refractivity contribution is -0.526. The fourth-order valence-electron chi connectivity index (χ4n) is 5.34. The van der Waals surface area contributed by atoms with Crippen LogP contribution in [0.25, 0.3) is 0 Å². The van der Waals surface area contributed by atoms with E-state index in [-0.39, 0.29) is 57.9 Å². The molecular weight excluding hydrogens is 579 g/mol. The summed E-state index contributed by atoms with van der Waals surface area (Å²) in [6.45, 7) is 24.6. The molecule has 1 unspecified atom stereocenters. The van der Waals surface area contributed by atoms with Gasteiger partial charge in [-0.25, -0.2) is 0 Å². The molecule has 252 valence electrons.